The molecule has 2 amide bonds. The lowest BCUT2D eigenvalue weighted by Crippen LogP contribution is -2.44. The molecule has 4 heteroatoms. The Morgan fingerprint density at radius 3 is 2.14 bits per heavy atom. The van der Waals surface area contributed by atoms with Crippen molar-refractivity contribution in [3.63, 3.8) is 0 Å². The van der Waals surface area contributed by atoms with E-state index in [9.17, 15) is 4.79 Å². The van der Waals surface area contributed by atoms with Gasteiger partial charge in [-0.2, -0.15) is 0 Å². The van der Waals surface area contributed by atoms with Gasteiger partial charge in [-0.1, -0.05) is 29.8 Å². The summed E-state index contributed by atoms with van der Waals surface area (Å²) in [7, 11) is 0. The third-order valence-corrected chi connectivity index (χ3v) is 3.56. The SMILES string of the molecule is Cc1ccc(CNC(=O)NCCN(C(C)C)C(C)C)cc1. The smallest absolute Gasteiger partial charge is 0.315 e. The van der Waals surface area contributed by atoms with Crippen LogP contribution in [0.25, 0.3) is 0 Å². The first-order valence-corrected chi connectivity index (χ1v) is 7.73. The largest absolute Gasteiger partial charge is 0.337 e. The molecule has 0 heterocycles. The summed E-state index contributed by atoms with van der Waals surface area (Å²) in [5.74, 6) is 0. The van der Waals surface area contributed by atoms with Crippen molar-refractivity contribution in [2.24, 2.45) is 0 Å². The van der Waals surface area contributed by atoms with Crippen molar-refractivity contribution in [2.45, 2.75) is 53.2 Å². The molecule has 4 nitrogen and oxygen atoms in total. The molecule has 1 rings (SSSR count). The summed E-state index contributed by atoms with van der Waals surface area (Å²) in [6, 6.07) is 9.05. The average molecular weight is 291 g/mol. The number of nitrogens with one attached hydrogen (secondary N) is 2. The van der Waals surface area contributed by atoms with E-state index < -0.39 is 0 Å². The van der Waals surface area contributed by atoms with Crippen LogP contribution < -0.4 is 10.6 Å². The predicted molar refractivity (Wildman–Crippen MR) is 88.4 cm³/mol. The van der Waals surface area contributed by atoms with Gasteiger partial charge in [-0.3, -0.25) is 4.90 Å². The maximum atomic E-state index is 11.8. The standard InChI is InChI=1S/C17H29N3O/c1-13(2)20(14(3)4)11-10-18-17(21)19-12-16-8-6-15(5)7-9-16/h6-9,13-14H,10-12H2,1-5H3,(H2,18,19,21). The van der Waals surface area contributed by atoms with Gasteiger partial charge < -0.3 is 10.6 Å². The first-order valence-electron chi connectivity index (χ1n) is 7.73. The maximum absolute atomic E-state index is 11.8. The van der Waals surface area contributed by atoms with Crippen LogP contribution in [0.5, 0.6) is 0 Å². The van der Waals surface area contributed by atoms with Crippen LogP contribution in [0.4, 0.5) is 4.79 Å². The van der Waals surface area contributed by atoms with E-state index in [0.29, 0.717) is 25.2 Å². The van der Waals surface area contributed by atoms with E-state index in [2.05, 4.69) is 62.3 Å². The summed E-state index contributed by atoms with van der Waals surface area (Å²) in [6.07, 6.45) is 0. The molecule has 0 spiro atoms. The number of carbonyl (C=O) groups is 1. The molecule has 0 saturated carbocycles. The molecule has 1 aromatic carbocycles. The molecule has 1 aromatic rings. The number of hydrogen-bond donors (Lipinski definition) is 2. The molecular formula is C17H29N3O. The second kappa shape index (κ2) is 8.67. The Labute approximate surface area is 128 Å². The van der Waals surface area contributed by atoms with Crippen LogP contribution >= 0.6 is 0 Å². The highest BCUT2D eigenvalue weighted by molar-refractivity contribution is 5.73. The number of aryl methyl sites for hydroxylation is 1. The molecule has 21 heavy (non-hydrogen) atoms. The lowest BCUT2D eigenvalue weighted by atomic mass is 10.1. The predicted octanol–water partition coefficient (Wildman–Crippen LogP) is 2.91. The summed E-state index contributed by atoms with van der Waals surface area (Å²) in [6.45, 7) is 12.9. The second-order valence-electron chi connectivity index (χ2n) is 6.02. The topological polar surface area (TPSA) is 44.4 Å². The Morgan fingerprint density at radius 2 is 1.62 bits per heavy atom. The highest BCUT2D eigenvalue weighted by Crippen LogP contribution is 2.03. The van der Waals surface area contributed by atoms with Gasteiger partial charge in [0.25, 0.3) is 0 Å². The monoisotopic (exact) mass is 291 g/mol. The third-order valence-electron chi connectivity index (χ3n) is 3.56. The minimum atomic E-state index is -0.108. The molecule has 0 bridgehead atoms. The molecule has 0 aliphatic carbocycles. The van der Waals surface area contributed by atoms with Crippen LogP contribution in [0, 0.1) is 6.92 Å². The zero-order chi connectivity index (χ0) is 15.8. The highest BCUT2D eigenvalue weighted by Gasteiger charge is 2.12. The Bertz CT molecular complexity index is 418. The van der Waals surface area contributed by atoms with Gasteiger partial charge in [0.2, 0.25) is 0 Å². The molecule has 0 aromatic heterocycles. The fourth-order valence-corrected chi connectivity index (χ4v) is 2.36. The number of benzene rings is 1. The summed E-state index contributed by atoms with van der Waals surface area (Å²) >= 11 is 0. The first-order chi connectivity index (χ1) is 9.90. The Kier molecular flexibility index (Phi) is 7.23. The van der Waals surface area contributed by atoms with Crippen LogP contribution in [-0.2, 0) is 6.54 Å². The first kappa shape index (κ1) is 17.5. The zero-order valence-corrected chi connectivity index (χ0v) is 13.9. The number of amides is 2. The van der Waals surface area contributed by atoms with E-state index >= 15 is 0 Å². The molecule has 0 unspecified atom stereocenters. The summed E-state index contributed by atoms with van der Waals surface area (Å²) in [4.78, 5) is 14.1. The lowest BCUT2D eigenvalue weighted by Gasteiger charge is -2.30. The van der Waals surface area contributed by atoms with E-state index in [1.165, 1.54) is 5.56 Å². The summed E-state index contributed by atoms with van der Waals surface area (Å²) in [5.41, 5.74) is 2.34. The van der Waals surface area contributed by atoms with Crippen LogP contribution in [0.2, 0.25) is 0 Å². The van der Waals surface area contributed by atoms with E-state index in [1.54, 1.807) is 0 Å². The van der Waals surface area contributed by atoms with Crippen molar-refractivity contribution < 1.29 is 4.79 Å². The third kappa shape index (κ3) is 6.63. The molecule has 0 radical (unpaired) electrons. The number of nitrogens with zero attached hydrogens (tertiary/aromatic N) is 1. The van der Waals surface area contributed by atoms with Gasteiger partial charge in [0.15, 0.2) is 0 Å². The van der Waals surface area contributed by atoms with Crippen LogP contribution in [0.1, 0.15) is 38.8 Å². The van der Waals surface area contributed by atoms with Crippen LogP contribution in [0.3, 0.4) is 0 Å². The minimum absolute atomic E-state index is 0.108. The number of hydrogen-bond acceptors (Lipinski definition) is 2. The van der Waals surface area contributed by atoms with Gasteiger partial charge >= 0.3 is 6.03 Å². The van der Waals surface area contributed by atoms with Crippen molar-refractivity contribution in [1.29, 1.82) is 0 Å². The molecule has 0 aliphatic rings. The Hall–Kier alpha value is -1.55. The molecule has 0 aliphatic heterocycles. The average Bonchev–Trinajstić information content (AvgIpc) is 2.42. The van der Waals surface area contributed by atoms with Gasteiger partial charge in [-0.25, -0.2) is 4.79 Å². The lowest BCUT2D eigenvalue weighted by molar-refractivity contribution is 0.175. The molecule has 0 fully saturated rings. The van der Waals surface area contributed by atoms with E-state index in [1.807, 2.05) is 12.1 Å². The molecule has 118 valence electrons. The van der Waals surface area contributed by atoms with Gasteiger partial charge in [-0.05, 0) is 40.2 Å². The van der Waals surface area contributed by atoms with Crippen molar-refractivity contribution in [3.8, 4) is 0 Å². The van der Waals surface area contributed by atoms with Crippen molar-refractivity contribution >= 4 is 6.03 Å². The number of urea groups is 1. The van der Waals surface area contributed by atoms with E-state index in [0.717, 1.165) is 12.1 Å². The molecular weight excluding hydrogens is 262 g/mol. The van der Waals surface area contributed by atoms with E-state index in [-0.39, 0.29) is 6.03 Å². The van der Waals surface area contributed by atoms with Crippen molar-refractivity contribution in [3.05, 3.63) is 35.4 Å². The zero-order valence-electron chi connectivity index (χ0n) is 13.9. The van der Waals surface area contributed by atoms with E-state index in [4.69, 9.17) is 0 Å². The van der Waals surface area contributed by atoms with Gasteiger partial charge in [0.1, 0.15) is 0 Å². The second-order valence-corrected chi connectivity index (χ2v) is 6.02. The summed E-state index contributed by atoms with van der Waals surface area (Å²) < 4.78 is 0. The molecule has 0 atom stereocenters. The van der Waals surface area contributed by atoms with Gasteiger partial charge in [0.05, 0.1) is 0 Å². The Morgan fingerprint density at radius 1 is 1.05 bits per heavy atom. The Balaban J connectivity index is 2.26. The van der Waals surface area contributed by atoms with Crippen LogP contribution in [-0.4, -0.2) is 36.1 Å². The fraction of sp³-hybridized carbons (Fsp3) is 0.588. The number of rotatable bonds is 7. The van der Waals surface area contributed by atoms with Crippen molar-refractivity contribution in [2.75, 3.05) is 13.1 Å². The minimum Gasteiger partial charge on any atom is -0.337 e. The van der Waals surface area contributed by atoms with Gasteiger partial charge in [-0.15, -0.1) is 0 Å². The van der Waals surface area contributed by atoms with Crippen molar-refractivity contribution in [1.82, 2.24) is 15.5 Å². The van der Waals surface area contributed by atoms with Gasteiger partial charge in [0, 0.05) is 31.7 Å². The normalized spacial score (nSPS) is 11.2. The van der Waals surface area contributed by atoms with Crippen LogP contribution in [0.15, 0.2) is 24.3 Å². The molecule has 0 saturated heterocycles. The quantitative estimate of drug-likeness (QED) is 0.811. The summed E-state index contributed by atoms with van der Waals surface area (Å²) in [5, 5.41) is 5.79. The fourth-order valence-electron chi connectivity index (χ4n) is 2.36. The number of carbonyl (C=O) groups excluding carboxylic acids is 1. The molecule has 2 N–H and O–H groups in total. The maximum Gasteiger partial charge on any atom is 0.315 e. The highest BCUT2D eigenvalue weighted by atomic mass is 16.2.